The summed E-state index contributed by atoms with van der Waals surface area (Å²) in [6.07, 6.45) is 4.49. The highest BCUT2D eigenvalue weighted by atomic mass is 16.5. The Morgan fingerprint density at radius 2 is 1.80 bits per heavy atom. The van der Waals surface area contributed by atoms with Crippen LogP contribution >= 0.6 is 0 Å². The van der Waals surface area contributed by atoms with E-state index in [2.05, 4.69) is 30.2 Å². The molecule has 7 heteroatoms. The number of aromatic nitrogens is 1. The number of benzene rings is 2. The Hall–Kier alpha value is -3.87. The van der Waals surface area contributed by atoms with Gasteiger partial charge >= 0.3 is 5.97 Å². The molecule has 182 valence electrons. The highest BCUT2D eigenvalue weighted by molar-refractivity contribution is 5.99. The molecule has 7 nitrogen and oxygen atoms in total. The predicted octanol–water partition coefficient (Wildman–Crippen LogP) is 4.93. The molecule has 1 amide bonds. The molecular formula is C28H31N3O4. The number of rotatable bonds is 7. The van der Waals surface area contributed by atoms with Crippen molar-refractivity contribution in [3.63, 3.8) is 0 Å². The normalized spacial score (nSPS) is 17.2. The maximum Gasteiger partial charge on any atom is 0.335 e. The minimum absolute atomic E-state index is 0.00537. The van der Waals surface area contributed by atoms with Crippen LogP contribution in [-0.2, 0) is 0 Å². The Morgan fingerprint density at radius 3 is 2.51 bits per heavy atom. The quantitative estimate of drug-likeness (QED) is 0.448. The zero-order chi connectivity index (χ0) is 25.1. The molecule has 2 aromatic carbocycles. The highest BCUT2D eigenvalue weighted by Gasteiger charge is 2.30. The van der Waals surface area contributed by atoms with Crippen molar-refractivity contribution in [2.45, 2.75) is 46.1 Å². The lowest BCUT2D eigenvalue weighted by Crippen LogP contribution is -2.39. The number of ether oxygens (including phenoxy) is 1. The lowest BCUT2D eigenvalue weighted by molar-refractivity contribution is 0.0695. The zero-order valence-electron chi connectivity index (χ0n) is 20.3. The van der Waals surface area contributed by atoms with Crippen molar-refractivity contribution in [3.05, 3.63) is 76.5 Å². The Balaban J connectivity index is 1.46. The van der Waals surface area contributed by atoms with Gasteiger partial charge in [-0.05, 0) is 80.1 Å². The van der Waals surface area contributed by atoms with Crippen molar-refractivity contribution in [3.8, 4) is 16.9 Å². The number of carboxylic acid groups (broad SMARTS) is 1. The van der Waals surface area contributed by atoms with Crippen LogP contribution in [0.5, 0.6) is 5.75 Å². The van der Waals surface area contributed by atoms with E-state index < -0.39 is 5.97 Å². The van der Waals surface area contributed by atoms with E-state index in [-0.39, 0.29) is 29.2 Å². The first-order valence-corrected chi connectivity index (χ1v) is 11.8. The minimum Gasteiger partial charge on any atom is -0.493 e. The molecular weight excluding hydrogens is 442 g/mol. The first-order chi connectivity index (χ1) is 16.7. The Kier molecular flexibility index (Phi) is 7.05. The number of nitrogens with two attached hydrogens (primary N) is 1. The average Bonchev–Trinajstić information content (AvgIpc) is 3.26. The number of carbonyl (C=O) groups excluding carboxylic acids is 1. The maximum absolute atomic E-state index is 13.2. The zero-order valence-corrected chi connectivity index (χ0v) is 20.3. The molecule has 0 aliphatic heterocycles. The fourth-order valence-electron chi connectivity index (χ4n) is 4.58. The van der Waals surface area contributed by atoms with Crippen molar-refractivity contribution in [2.75, 3.05) is 12.3 Å². The number of carbonyl (C=O) groups is 2. The largest absolute Gasteiger partial charge is 0.493 e. The predicted molar refractivity (Wildman–Crippen MR) is 136 cm³/mol. The number of hydrogen-bond acceptors (Lipinski definition) is 5. The molecule has 0 spiro atoms. The van der Waals surface area contributed by atoms with Gasteiger partial charge in [0.05, 0.1) is 17.7 Å². The van der Waals surface area contributed by atoms with Crippen LogP contribution in [0.15, 0.2) is 48.7 Å². The van der Waals surface area contributed by atoms with E-state index in [4.69, 9.17) is 10.5 Å². The molecule has 1 aromatic heterocycles. The van der Waals surface area contributed by atoms with E-state index in [1.54, 1.807) is 37.4 Å². The summed E-state index contributed by atoms with van der Waals surface area (Å²) in [5.41, 5.74) is 11.1. The van der Waals surface area contributed by atoms with Gasteiger partial charge in [-0.3, -0.25) is 4.79 Å². The molecule has 2 atom stereocenters. The second-order valence-electron chi connectivity index (χ2n) is 9.32. The number of nitrogens with zero attached hydrogens (tertiary/aromatic N) is 1. The number of nitrogens with one attached hydrogen (secondary N) is 1. The highest BCUT2D eigenvalue weighted by Crippen LogP contribution is 2.29. The van der Waals surface area contributed by atoms with Crippen molar-refractivity contribution < 1.29 is 19.4 Å². The molecule has 1 aliphatic rings. The number of amides is 1. The molecule has 35 heavy (non-hydrogen) atoms. The molecule has 3 aromatic rings. The van der Waals surface area contributed by atoms with E-state index in [9.17, 15) is 14.7 Å². The molecule has 0 radical (unpaired) electrons. The summed E-state index contributed by atoms with van der Waals surface area (Å²) in [6, 6.07) is 12.8. The first-order valence-electron chi connectivity index (χ1n) is 11.8. The van der Waals surface area contributed by atoms with E-state index >= 15 is 0 Å². The second kappa shape index (κ2) is 10.2. The van der Waals surface area contributed by atoms with Crippen molar-refractivity contribution in [1.29, 1.82) is 0 Å². The van der Waals surface area contributed by atoms with Crippen molar-refractivity contribution >= 4 is 17.7 Å². The summed E-state index contributed by atoms with van der Waals surface area (Å²) in [5, 5.41) is 12.4. The number of hydrogen-bond donors (Lipinski definition) is 3. The minimum atomic E-state index is -0.975. The summed E-state index contributed by atoms with van der Waals surface area (Å²) < 4.78 is 6.05. The van der Waals surface area contributed by atoms with E-state index in [1.807, 2.05) is 12.1 Å². The molecule has 1 heterocycles. The number of pyridine rings is 1. The molecule has 0 saturated heterocycles. The second-order valence-corrected chi connectivity index (χ2v) is 9.32. The van der Waals surface area contributed by atoms with Crippen LogP contribution in [0, 0.1) is 26.7 Å². The molecule has 4 N–H and O–H groups in total. The Morgan fingerprint density at radius 1 is 1.00 bits per heavy atom. The van der Waals surface area contributed by atoms with Crippen LogP contribution in [0.2, 0.25) is 0 Å². The van der Waals surface area contributed by atoms with Gasteiger partial charge in [0.2, 0.25) is 0 Å². The number of nitrogen functional groups attached to an aromatic ring is 1. The van der Waals surface area contributed by atoms with Gasteiger partial charge in [0.15, 0.2) is 0 Å². The molecule has 4 rings (SSSR count). The van der Waals surface area contributed by atoms with Gasteiger partial charge in [0.25, 0.3) is 5.91 Å². The third-order valence-electron chi connectivity index (χ3n) is 6.87. The van der Waals surface area contributed by atoms with Crippen LogP contribution in [0.1, 0.15) is 56.7 Å². The number of anilines is 1. The standard InChI is InChI=1S/C28H31N3O4/c1-16-7-9-22(12-17(16)2)35-15-20-5-4-6-25(20)31-27(32)24-13-21(14-30-26(24)29)19-8-10-23(28(33)34)18(3)11-19/h7-14,20,25H,4-6,15H2,1-3H3,(H2,29,30)(H,31,32)(H,33,34)/t20-,25+/m1/s1. The smallest absolute Gasteiger partial charge is 0.335 e. The fourth-order valence-corrected chi connectivity index (χ4v) is 4.58. The van der Waals surface area contributed by atoms with E-state index in [1.165, 1.54) is 11.1 Å². The third-order valence-corrected chi connectivity index (χ3v) is 6.87. The van der Waals surface area contributed by atoms with Crippen LogP contribution in [0.4, 0.5) is 5.82 Å². The van der Waals surface area contributed by atoms with Gasteiger partial charge < -0.3 is 20.9 Å². The number of aromatic carboxylic acids is 1. The van der Waals surface area contributed by atoms with Crippen molar-refractivity contribution in [1.82, 2.24) is 10.3 Å². The lowest BCUT2D eigenvalue weighted by atomic mass is 9.99. The SMILES string of the molecule is Cc1ccc(OC[C@H]2CCC[C@@H]2NC(=O)c2cc(-c3ccc(C(=O)O)c(C)c3)cnc2N)cc1C. The fraction of sp³-hybridized carbons (Fsp3) is 0.321. The number of carboxylic acids is 1. The van der Waals surface area contributed by atoms with Crippen LogP contribution in [0.25, 0.3) is 11.1 Å². The van der Waals surface area contributed by atoms with Gasteiger partial charge in [0.1, 0.15) is 11.6 Å². The van der Waals surface area contributed by atoms with Crippen LogP contribution < -0.4 is 15.8 Å². The summed E-state index contributed by atoms with van der Waals surface area (Å²) in [4.78, 5) is 28.7. The van der Waals surface area contributed by atoms with Crippen LogP contribution in [-0.4, -0.2) is 34.6 Å². The average molecular weight is 474 g/mol. The maximum atomic E-state index is 13.2. The third kappa shape index (κ3) is 5.45. The van der Waals surface area contributed by atoms with Gasteiger partial charge in [-0.25, -0.2) is 9.78 Å². The molecule has 0 bridgehead atoms. The van der Waals surface area contributed by atoms with Crippen LogP contribution in [0.3, 0.4) is 0 Å². The summed E-state index contributed by atoms with van der Waals surface area (Å²) >= 11 is 0. The molecule has 0 unspecified atom stereocenters. The monoisotopic (exact) mass is 473 g/mol. The first kappa shape index (κ1) is 24.3. The summed E-state index contributed by atoms with van der Waals surface area (Å²) in [7, 11) is 0. The Bertz CT molecular complexity index is 1270. The van der Waals surface area contributed by atoms with Gasteiger partial charge in [-0.1, -0.05) is 24.6 Å². The van der Waals surface area contributed by atoms with Gasteiger partial charge in [-0.2, -0.15) is 0 Å². The summed E-state index contributed by atoms with van der Waals surface area (Å²) in [5.74, 6) is -0.0263. The summed E-state index contributed by atoms with van der Waals surface area (Å²) in [6.45, 7) is 6.42. The van der Waals surface area contributed by atoms with Gasteiger partial charge in [-0.15, -0.1) is 0 Å². The van der Waals surface area contributed by atoms with Gasteiger partial charge in [0, 0.05) is 23.7 Å². The molecule has 1 aliphatic carbocycles. The topological polar surface area (TPSA) is 115 Å². The van der Waals surface area contributed by atoms with E-state index in [0.717, 1.165) is 30.6 Å². The number of aryl methyl sites for hydroxylation is 3. The van der Waals surface area contributed by atoms with Crippen molar-refractivity contribution in [2.24, 2.45) is 5.92 Å². The Labute approximate surface area is 205 Å². The lowest BCUT2D eigenvalue weighted by Gasteiger charge is -2.22. The molecule has 1 fully saturated rings. The van der Waals surface area contributed by atoms with E-state index in [0.29, 0.717) is 23.3 Å². The molecule has 1 saturated carbocycles.